The third-order valence-corrected chi connectivity index (χ3v) is 3.86. The second-order valence-electron chi connectivity index (χ2n) is 6.21. The first kappa shape index (κ1) is 14.7. The van der Waals surface area contributed by atoms with Crippen molar-refractivity contribution in [2.24, 2.45) is 5.92 Å². The number of β-amino-alcohol motifs (C(OH)–C–C–N with tert-alkyl or cyclic N) is 1. The lowest BCUT2D eigenvalue weighted by molar-refractivity contribution is 0.0382. The molecule has 0 bridgehead atoms. The Hall–Kier alpha value is -2.22. The first-order valence-corrected chi connectivity index (χ1v) is 7.38. The summed E-state index contributed by atoms with van der Waals surface area (Å²) in [7, 11) is 0. The normalized spacial score (nSPS) is 21.7. The van der Waals surface area contributed by atoms with Crippen LogP contribution in [0, 0.1) is 5.92 Å². The molecule has 2 aromatic heterocycles. The van der Waals surface area contributed by atoms with Crippen LogP contribution in [-0.4, -0.2) is 54.2 Å². The van der Waals surface area contributed by atoms with Crippen LogP contribution in [0.25, 0.3) is 0 Å². The summed E-state index contributed by atoms with van der Waals surface area (Å²) in [5.41, 5.74) is -0.111. The predicted octanol–water partition coefficient (Wildman–Crippen LogP) is 0.391. The molecule has 0 spiro atoms. The van der Waals surface area contributed by atoms with E-state index in [4.69, 9.17) is 0 Å². The van der Waals surface area contributed by atoms with Crippen LogP contribution in [0.1, 0.15) is 36.3 Å². The highest BCUT2D eigenvalue weighted by Gasteiger charge is 2.41. The minimum Gasteiger partial charge on any atom is -0.381 e. The van der Waals surface area contributed by atoms with E-state index < -0.39 is 5.60 Å². The number of amides is 1. The molecule has 2 N–H and O–H groups in total. The highest BCUT2D eigenvalue weighted by molar-refractivity contribution is 5.94. The SMILES string of the molecule is CC(C)Cn1cc(C(=O)N2CC[C@@](O)(c3cn[nH]n3)C2)cn1. The van der Waals surface area contributed by atoms with Crippen molar-refractivity contribution < 1.29 is 9.90 Å². The number of likely N-dealkylation sites (tertiary alicyclic amines) is 1. The summed E-state index contributed by atoms with van der Waals surface area (Å²) in [6.45, 7) is 5.67. The number of nitrogens with zero attached hydrogens (tertiary/aromatic N) is 5. The molecule has 1 fully saturated rings. The highest BCUT2D eigenvalue weighted by atomic mass is 16.3. The van der Waals surface area contributed by atoms with Gasteiger partial charge in [0.1, 0.15) is 11.3 Å². The smallest absolute Gasteiger partial charge is 0.257 e. The lowest BCUT2D eigenvalue weighted by Crippen LogP contribution is -2.34. The van der Waals surface area contributed by atoms with Crippen LogP contribution in [0.3, 0.4) is 0 Å². The van der Waals surface area contributed by atoms with Crippen molar-refractivity contribution in [3.8, 4) is 0 Å². The van der Waals surface area contributed by atoms with Crippen LogP contribution in [0.15, 0.2) is 18.6 Å². The zero-order valence-corrected chi connectivity index (χ0v) is 12.7. The Labute approximate surface area is 128 Å². The van der Waals surface area contributed by atoms with Crippen LogP contribution in [0.4, 0.5) is 0 Å². The molecule has 0 aromatic carbocycles. The standard InChI is InChI=1S/C14H20N6O2/c1-10(2)7-20-8-11(5-16-20)13(21)19-4-3-14(22,9-19)12-6-15-18-17-12/h5-6,8,10,22H,3-4,7,9H2,1-2H3,(H,15,17,18)/t14-/m0/s1. The van der Waals surface area contributed by atoms with E-state index >= 15 is 0 Å². The zero-order chi connectivity index (χ0) is 15.7. The third-order valence-electron chi connectivity index (χ3n) is 3.86. The highest BCUT2D eigenvalue weighted by Crippen LogP contribution is 2.30. The van der Waals surface area contributed by atoms with Crippen molar-refractivity contribution in [1.82, 2.24) is 30.1 Å². The Bertz CT molecular complexity index is 650. The van der Waals surface area contributed by atoms with Gasteiger partial charge in [0.25, 0.3) is 5.91 Å². The topological polar surface area (TPSA) is 99.9 Å². The number of H-pyrrole nitrogens is 1. The molecule has 1 amide bonds. The fraction of sp³-hybridized carbons (Fsp3) is 0.571. The Kier molecular flexibility index (Phi) is 3.69. The number of aromatic nitrogens is 5. The van der Waals surface area contributed by atoms with Crippen LogP contribution < -0.4 is 0 Å². The maximum absolute atomic E-state index is 12.5. The number of rotatable bonds is 4. The van der Waals surface area contributed by atoms with Crippen molar-refractivity contribution in [2.75, 3.05) is 13.1 Å². The molecule has 1 aliphatic rings. The zero-order valence-electron chi connectivity index (χ0n) is 12.7. The Morgan fingerprint density at radius 3 is 3.00 bits per heavy atom. The summed E-state index contributed by atoms with van der Waals surface area (Å²) in [4.78, 5) is 14.2. The van der Waals surface area contributed by atoms with Crippen molar-refractivity contribution in [3.63, 3.8) is 0 Å². The molecular weight excluding hydrogens is 284 g/mol. The van der Waals surface area contributed by atoms with Gasteiger partial charge in [0.05, 0.1) is 24.5 Å². The summed E-state index contributed by atoms with van der Waals surface area (Å²) < 4.78 is 1.78. The molecule has 1 saturated heterocycles. The number of nitrogens with one attached hydrogen (secondary N) is 1. The molecular formula is C14H20N6O2. The maximum Gasteiger partial charge on any atom is 0.257 e. The van der Waals surface area contributed by atoms with Gasteiger partial charge < -0.3 is 10.0 Å². The summed E-state index contributed by atoms with van der Waals surface area (Å²) in [6, 6.07) is 0. The minimum atomic E-state index is -1.13. The Morgan fingerprint density at radius 1 is 1.50 bits per heavy atom. The molecule has 1 aliphatic heterocycles. The van der Waals surface area contributed by atoms with Crippen molar-refractivity contribution in [2.45, 2.75) is 32.4 Å². The first-order chi connectivity index (χ1) is 10.5. The van der Waals surface area contributed by atoms with Gasteiger partial charge >= 0.3 is 0 Å². The molecule has 0 saturated carbocycles. The minimum absolute atomic E-state index is 0.116. The largest absolute Gasteiger partial charge is 0.381 e. The second kappa shape index (κ2) is 5.53. The fourth-order valence-electron chi connectivity index (χ4n) is 2.73. The first-order valence-electron chi connectivity index (χ1n) is 7.38. The van der Waals surface area contributed by atoms with Gasteiger partial charge in [0.15, 0.2) is 0 Å². The second-order valence-corrected chi connectivity index (χ2v) is 6.21. The van der Waals surface area contributed by atoms with E-state index in [1.54, 1.807) is 22.0 Å². The van der Waals surface area contributed by atoms with E-state index in [0.29, 0.717) is 30.1 Å². The van der Waals surface area contributed by atoms with Gasteiger partial charge in [0, 0.05) is 25.7 Å². The average Bonchev–Trinajstić information content (AvgIpc) is 3.17. The molecule has 1 atom stereocenters. The molecule has 3 heterocycles. The van der Waals surface area contributed by atoms with Gasteiger partial charge in [-0.1, -0.05) is 13.8 Å². The quantitative estimate of drug-likeness (QED) is 0.851. The fourth-order valence-corrected chi connectivity index (χ4v) is 2.73. The molecule has 8 nitrogen and oxygen atoms in total. The molecule has 8 heteroatoms. The molecule has 2 aromatic rings. The number of aliphatic hydroxyl groups is 1. The van der Waals surface area contributed by atoms with Gasteiger partial charge in [-0.05, 0) is 5.92 Å². The number of carbonyl (C=O) groups excluding carboxylic acids is 1. The van der Waals surface area contributed by atoms with Gasteiger partial charge in [-0.3, -0.25) is 9.48 Å². The number of hydrogen-bond acceptors (Lipinski definition) is 5. The molecule has 0 aliphatic carbocycles. The molecule has 3 rings (SSSR count). The number of carbonyl (C=O) groups is 1. The van der Waals surface area contributed by atoms with Crippen LogP contribution in [0.2, 0.25) is 0 Å². The molecule has 0 unspecified atom stereocenters. The summed E-state index contributed by atoms with van der Waals surface area (Å²) >= 11 is 0. The van der Waals surface area contributed by atoms with Gasteiger partial charge in [-0.15, -0.1) is 0 Å². The van der Waals surface area contributed by atoms with E-state index in [1.807, 2.05) is 0 Å². The molecule has 22 heavy (non-hydrogen) atoms. The lowest BCUT2D eigenvalue weighted by Gasteiger charge is -2.20. The number of aromatic amines is 1. The maximum atomic E-state index is 12.5. The van der Waals surface area contributed by atoms with E-state index in [-0.39, 0.29) is 12.5 Å². The Morgan fingerprint density at radius 2 is 2.32 bits per heavy atom. The summed E-state index contributed by atoms with van der Waals surface area (Å²) in [6.07, 6.45) is 5.29. The van der Waals surface area contributed by atoms with Crippen LogP contribution >= 0.6 is 0 Å². The summed E-state index contributed by atoms with van der Waals surface area (Å²) in [5.74, 6) is 0.348. The Balaban J connectivity index is 1.70. The van der Waals surface area contributed by atoms with Crippen LogP contribution in [-0.2, 0) is 12.1 Å². The van der Waals surface area contributed by atoms with E-state index in [2.05, 4.69) is 34.4 Å². The average molecular weight is 304 g/mol. The van der Waals surface area contributed by atoms with E-state index in [9.17, 15) is 9.90 Å². The van der Waals surface area contributed by atoms with Gasteiger partial charge in [-0.25, -0.2) is 0 Å². The molecule has 118 valence electrons. The van der Waals surface area contributed by atoms with E-state index in [1.165, 1.54) is 6.20 Å². The monoisotopic (exact) mass is 304 g/mol. The number of hydrogen-bond donors (Lipinski definition) is 2. The van der Waals surface area contributed by atoms with E-state index in [0.717, 1.165) is 6.54 Å². The summed E-state index contributed by atoms with van der Waals surface area (Å²) in [5, 5.41) is 25.0. The molecule has 0 radical (unpaired) electrons. The lowest BCUT2D eigenvalue weighted by atomic mass is 10.00. The van der Waals surface area contributed by atoms with Crippen molar-refractivity contribution in [3.05, 3.63) is 29.8 Å². The predicted molar refractivity (Wildman–Crippen MR) is 77.9 cm³/mol. The van der Waals surface area contributed by atoms with Crippen LogP contribution in [0.5, 0.6) is 0 Å². The third kappa shape index (κ3) is 2.74. The van der Waals surface area contributed by atoms with Gasteiger partial charge in [0.2, 0.25) is 0 Å². The van der Waals surface area contributed by atoms with Crippen molar-refractivity contribution in [1.29, 1.82) is 0 Å². The van der Waals surface area contributed by atoms with Crippen molar-refractivity contribution >= 4 is 5.91 Å². The van der Waals surface area contributed by atoms with Gasteiger partial charge in [-0.2, -0.15) is 20.5 Å².